The Hall–Kier alpha value is -4.20. The van der Waals surface area contributed by atoms with Gasteiger partial charge in [-0.25, -0.2) is 5.43 Å². The van der Waals surface area contributed by atoms with Crippen molar-refractivity contribution in [1.29, 1.82) is 0 Å². The molecule has 1 amide bonds. The fourth-order valence-electron chi connectivity index (χ4n) is 3.80. The molecule has 8 nitrogen and oxygen atoms in total. The number of rotatable bonds is 6. The Kier molecular flexibility index (Phi) is 5.83. The summed E-state index contributed by atoms with van der Waals surface area (Å²) in [5, 5.41) is 15.5. The Morgan fingerprint density at radius 2 is 1.85 bits per heavy atom. The van der Waals surface area contributed by atoms with E-state index in [0.717, 1.165) is 22.6 Å². The van der Waals surface area contributed by atoms with E-state index in [2.05, 4.69) is 53.2 Å². The second kappa shape index (κ2) is 8.74. The molecule has 4 rings (SSSR count). The van der Waals surface area contributed by atoms with E-state index in [-0.39, 0.29) is 11.4 Å². The van der Waals surface area contributed by atoms with Gasteiger partial charge in [-0.05, 0) is 55.7 Å². The lowest BCUT2D eigenvalue weighted by atomic mass is 10.0. The van der Waals surface area contributed by atoms with Crippen LogP contribution in [0.1, 0.15) is 52.8 Å². The van der Waals surface area contributed by atoms with Crippen LogP contribution in [0.4, 0.5) is 5.69 Å². The largest absolute Gasteiger partial charge is 0.451 e. The van der Waals surface area contributed by atoms with E-state index in [0.29, 0.717) is 16.9 Å². The van der Waals surface area contributed by atoms with Crippen LogP contribution in [0.15, 0.2) is 64.1 Å². The number of carbonyl (C=O) groups excluding carboxylic acids is 1. The molecule has 8 heteroatoms. The molecule has 0 aliphatic rings. The normalized spacial score (nSPS) is 11.5. The number of aryl methyl sites for hydroxylation is 1. The first kappa shape index (κ1) is 22.0. The predicted octanol–water partition coefficient (Wildman–Crippen LogP) is 5.64. The van der Waals surface area contributed by atoms with Gasteiger partial charge in [0, 0.05) is 40.2 Å². The summed E-state index contributed by atoms with van der Waals surface area (Å²) in [5.41, 5.74) is 8.05. The summed E-state index contributed by atoms with van der Waals surface area (Å²) in [4.78, 5) is 22.9. The van der Waals surface area contributed by atoms with Crippen LogP contribution >= 0.6 is 0 Å². The Bertz CT molecular complexity index is 1380. The molecule has 0 aliphatic heterocycles. The maximum absolute atomic E-state index is 12.4. The number of benzene rings is 2. The maximum atomic E-state index is 12.4. The average molecular weight is 444 g/mol. The number of amides is 1. The minimum absolute atomic E-state index is 0.0263. The summed E-state index contributed by atoms with van der Waals surface area (Å²) in [5.74, 6) is -0.0411. The first-order chi connectivity index (χ1) is 15.7. The van der Waals surface area contributed by atoms with Crippen LogP contribution in [0.2, 0.25) is 0 Å². The quantitative estimate of drug-likeness (QED) is 0.236. The molecule has 2 aromatic carbocycles. The zero-order valence-electron chi connectivity index (χ0n) is 18.8. The van der Waals surface area contributed by atoms with Crippen molar-refractivity contribution in [1.82, 2.24) is 9.99 Å². The van der Waals surface area contributed by atoms with Gasteiger partial charge >= 0.3 is 5.91 Å². The van der Waals surface area contributed by atoms with Crippen molar-refractivity contribution in [3.05, 3.63) is 93.0 Å². The average Bonchev–Trinajstić information content (AvgIpc) is 3.33. The topological polar surface area (TPSA) is 103 Å². The monoisotopic (exact) mass is 444 g/mol. The number of non-ortho nitro benzene ring substituents is 1. The number of nitrogens with zero attached hydrogens (tertiary/aromatic N) is 3. The number of hydrazone groups is 1. The zero-order chi connectivity index (χ0) is 23.7. The number of nitro benzene ring substituents is 1. The molecule has 168 valence electrons. The summed E-state index contributed by atoms with van der Waals surface area (Å²) < 4.78 is 7.62. The van der Waals surface area contributed by atoms with Crippen LogP contribution in [-0.2, 0) is 0 Å². The number of hydrogen-bond acceptors (Lipinski definition) is 5. The number of aromatic nitrogens is 1. The van der Waals surface area contributed by atoms with E-state index in [9.17, 15) is 14.9 Å². The molecule has 0 radical (unpaired) electrons. The van der Waals surface area contributed by atoms with Gasteiger partial charge in [-0.2, -0.15) is 5.10 Å². The number of fused-ring (bicyclic) bond motifs is 1. The molecule has 0 saturated heterocycles. The van der Waals surface area contributed by atoms with Crippen LogP contribution in [0.25, 0.3) is 16.7 Å². The first-order valence-corrected chi connectivity index (χ1v) is 10.5. The van der Waals surface area contributed by atoms with E-state index < -0.39 is 10.8 Å². The molecule has 33 heavy (non-hydrogen) atoms. The van der Waals surface area contributed by atoms with Crippen molar-refractivity contribution in [2.45, 2.75) is 33.6 Å². The molecule has 4 aromatic rings. The van der Waals surface area contributed by atoms with Gasteiger partial charge < -0.3 is 8.98 Å². The highest BCUT2D eigenvalue weighted by molar-refractivity contribution is 5.97. The van der Waals surface area contributed by atoms with Crippen molar-refractivity contribution in [3.8, 4) is 5.69 Å². The van der Waals surface area contributed by atoms with Crippen molar-refractivity contribution in [2.75, 3.05) is 0 Å². The highest BCUT2D eigenvalue weighted by atomic mass is 16.6. The van der Waals surface area contributed by atoms with E-state index in [1.807, 2.05) is 19.9 Å². The van der Waals surface area contributed by atoms with Gasteiger partial charge in [0.1, 0.15) is 5.58 Å². The second-order valence-corrected chi connectivity index (χ2v) is 8.20. The Labute approximate surface area is 190 Å². The molecular weight excluding hydrogens is 420 g/mol. The van der Waals surface area contributed by atoms with Gasteiger partial charge in [0.25, 0.3) is 5.69 Å². The summed E-state index contributed by atoms with van der Waals surface area (Å²) in [6.07, 6.45) is 1.59. The number of nitrogens with one attached hydrogen (secondary N) is 1. The van der Waals surface area contributed by atoms with Gasteiger partial charge in [0.05, 0.1) is 11.1 Å². The standard InChI is InChI=1S/C25H24N4O4/c1-15(2)18-5-7-21(8-6-18)28-16(3)11-20(17(28)4)14-26-27-25(30)24-13-19-12-22(29(31)32)9-10-23(19)33-24/h5-15H,1-4H3,(H,27,30)/b26-14+. The van der Waals surface area contributed by atoms with Crippen LogP contribution in [0.3, 0.4) is 0 Å². The van der Waals surface area contributed by atoms with Crippen molar-refractivity contribution >= 4 is 28.8 Å². The maximum Gasteiger partial charge on any atom is 0.307 e. The van der Waals surface area contributed by atoms with E-state index >= 15 is 0 Å². The number of carbonyl (C=O) groups is 1. The van der Waals surface area contributed by atoms with Crippen LogP contribution < -0.4 is 5.43 Å². The molecule has 1 N–H and O–H groups in total. The van der Waals surface area contributed by atoms with Gasteiger partial charge in [-0.15, -0.1) is 0 Å². The molecule has 0 unspecified atom stereocenters. The molecule has 0 atom stereocenters. The molecule has 0 aliphatic carbocycles. The fourth-order valence-corrected chi connectivity index (χ4v) is 3.80. The van der Waals surface area contributed by atoms with Gasteiger partial charge in [-0.1, -0.05) is 26.0 Å². The zero-order valence-corrected chi connectivity index (χ0v) is 18.8. The molecular formula is C25H24N4O4. The van der Waals surface area contributed by atoms with Gasteiger partial charge in [0.15, 0.2) is 5.76 Å². The molecule has 0 bridgehead atoms. The molecule has 0 saturated carbocycles. The number of hydrogen-bond donors (Lipinski definition) is 1. The second-order valence-electron chi connectivity index (χ2n) is 8.20. The van der Waals surface area contributed by atoms with Crippen LogP contribution in [0.5, 0.6) is 0 Å². The van der Waals surface area contributed by atoms with Crippen molar-refractivity contribution in [3.63, 3.8) is 0 Å². The van der Waals surface area contributed by atoms with E-state index in [4.69, 9.17) is 4.42 Å². The fraction of sp³-hybridized carbons (Fsp3) is 0.200. The molecule has 2 heterocycles. The summed E-state index contributed by atoms with van der Waals surface area (Å²) in [6.45, 7) is 8.35. The minimum atomic E-state index is -0.539. The number of furan rings is 1. The minimum Gasteiger partial charge on any atom is -0.451 e. The third-order valence-corrected chi connectivity index (χ3v) is 5.59. The number of nitro groups is 1. The van der Waals surface area contributed by atoms with Crippen molar-refractivity contribution in [2.24, 2.45) is 5.10 Å². The lowest BCUT2D eigenvalue weighted by Crippen LogP contribution is -2.16. The lowest BCUT2D eigenvalue weighted by Gasteiger charge is -2.12. The Balaban J connectivity index is 1.50. The van der Waals surface area contributed by atoms with Gasteiger partial charge in [-0.3, -0.25) is 14.9 Å². The molecule has 2 aromatic heterocycles. The SMILES string of the molecule is Cc1cc(/C=N/NC(=O)c2cc3cc([N+](=O)[O-])ccc3o2)c(C)n1-c1ccc(C(C)C)cc1. The summed E-state index contributed by atoms with van der Waals surface area (Å²) in [7, 11) is 0. The van der Waals surface area contributed by atoms with Crippen LogP contribution in [-0.4, -0.2) is 21.6 Å². The summed E-state index contributed by atoms with van der Waals surface area (Å²) >= 11 is 0. The first-order valence-electron chi connectivity index (χ1n) is 10.5. The third-order valence-electron chi connectivity index (χ3n) is 5.59. The summed E-state index contributed by atoms with van der Waals surface area (Å²) in [6, 6.07) is 16.1. The molecule has 0 spiro atoms. The molecule has 0 fully saturated rings. The van der Waals surface area contributed by atoms with E-state index in [1.54, 1.807) is 6.21 Å². The third kappa shape index (κ3) is 4.41. The smallest absolute Gasteiger partial charge is 0.307 e. The Morgan fingerprint density at radius 3 is 2.52 bits per heavy atom. The highest BCUT2D eigenvalue weighted by Gasteiger charge is 2.15. The lowest BCUT2D eigenvalue weighted by molar-refractivity contribution is -0.384. The predicted molar refractivity (Wildman–Crippen MR) is 127 cm³/mol. The van der Waals surface area contributed by atoms with E-state index in [1.165, 1.54) is 29.8 Å². The van der Waals surface area contributed by atoms with Gasteiger partial charge in [0.2, 0.25) is 0 Å². The highest BCUT2D eigenvalue weighted by Crippen LogP contribution is 2.25. The van der Waals surface area contributed by atoms with Crippen molar-refractivity contribution < 1.29 is 14.1 Å². The van der Waals surface area contributed by atoms with Crippen LogP contribution in [0, 0.1) is 24.0 Å². The Morgan fingerprint density at radius 1 is 1.12 bits per heavy atom.